The number of anilines is 1. The van der Waals surface area contributed by atoms with E-state index in [1.54, 1.807) is 0 Å². The van der Waals surface area contributed by atoms with Crippen LogP contribution in [0.15, 0.2) is 22.7 Å². The number of ether oxygens (including phenoxy) is 1. The third-order valence-electron chi connectivity index (χ3n) is 3.69. The predicted octanol–water partition coefficient (Wildman–Crippen LogP) is 2.71. The van der Waals surface area contributed by atoms with E-state index in [0.29, 0.717) is 6.54 Å². The number of methoxy groups -OCH3 is 1. The molecule has 5 nitrogen and oxygen atoms in total. The molecule has 1 saturated heterocycles. The first kappa shape index (κ1) is 13.4. The lowest BCUT2D eigenvalue weighted by Gasteiger charge is -2.30. The quantitative estimate of drug-likeness (QED) is 0.856. The van der Waals surface area contributed by atoms with E-state index in [4.69, 9.17) is 4.74 Å². The number of imidazole rings is 1. The fraction of sp³-hybridized carbons (Fsp3) is 0.429. The Kier molecular flexibility index (Phi) is 3.65. The number of fused-ring (bicyclic) bond motifs is 1. The van der Waals surface area contributed by atoms with Crippen LogP contribution in [0, 0.1) is 5.92 Å². The zero-order valence-corrected chi connectivity index (χ0v) is 12.8. The van der Waals surface area contributed by atoms with Gasteiger partial charge in [-0.25, -0.2) is 4.98 Å². The van der Waals surface area contributed by atoms with Gasteiger partial charge in [0.2, 0.25) is 5.95 Å². The van der Waals surface area contributed by atoms with Gasteiger partial charge in [-0.1, -0.05) is 15.9 Å². The first-order chi connectivity index (χ1) is 9.67. The number of rotatable bonds is 2. The molecule has 1 aromatic carbocycles. The Morgan fingerprint density at radius 1 is 1.55 bits per heavy atom. The number of nitrogens with zero attached hydrogens (tertiary/aromatic N) is 2. The van der Waals surface area contributed by atoms with Crippen LogP contribution in [0.1, 0.15) is 12.8 Å². The van der Waals surface area contributed by atoms with Gasteiger partial charge in [-0.05, 0) is 31.0 Å². The van der Waals surface area contributed by atoms with Gasteiger partial charge >= 0.3 is 5.97 Å². The van der Waals surface area contributed by atoms with Crippen molar-refractivity contribution >= 4 is 38.9 Å². The minimum Gasteiger partial charge on any atom is -0.469 e. The summed E-state index contributed by atoms with van der Waals surface area (Å²) in [5.41, 5.74) is 1.93. The normalized spacial score (nSPS) is 19.3. The Bertz CT molecular complexity index is 640. The fourth-order valence-electron chi connectivity index (χ4n) is 2.65. The summed E-state index contributed by atoms with van der Waals surface area (Å²) in [6.07, 6.45) is 1.86. The van der Waals surface area contributed by atoms with Gasteiger partial charge in [0.25, 0.3) is 0 Å². The maximum atomic E-state index is 11.7. The Morgan fingerprint density at radius 3 is 3.20 bits per heavy atom. The molecule has 1 aromatic heterocycles. The number of hydrogen-bond donors (Lipinski definition) is 1. The number of H-pyrrole nitrogens is 1. The largest absolute Gasteiger partial charge is 0.469 e. The highest BCUT2D eigenvalue weighted by atomic mass is 79.9. The number of carbonyl (C=O) groups is 1. The van der Waals surface area contributed by atoms with Crippen molar-refractivity contribution in [3.05, 3.63) is 22.7 Å². The van der Waals surface area contributed by atoms with Crippen LogP contribution in [0.4, 0.5) is 5.95 Å². The Labute approximate surface area is 125 Å². The summed E-state index contributed by atoms with van der Waals surface area (Å²) in [5, 5.41) is 0. The number of nitrogens with one attached hydrogen (secondary N) is 1. The van der Waals surface area contributed by atoms with E-state index in [1.807, 2.05) is 18.2 Å². The third kappa shape index (κ3) is 2.52. The van der Waals surface area contributed by atoms with E-state index < -0.39 is 0 Å². The first-order valence-corrected chi connectivity index (χ1v) is 7.44. The molecule has 0 spiro atoms. The summed E-state index contributed by atoms with van der Waals surface area (Å²) in [6, 6.07) is 5.95. The van der Waals surface area contributed by atoms with Crippen LogP contribution < -0.4 is 4.90 Å². The summed E-state index contributed by atoms with van der Waals surface area (Å²) in [7, 11) is 1.44. The molecule has 0 bridgehead atoms. The van der Waals surface area contributed by atoms with E-state index in [2.05, 4.69) is 30.8 Å². The first-order valence-electron chi connectivity index (χ1n) is 6.65. The smallest absolute Gasteiger partial charge is 0.310 e. The second kappa shape index (κ2) is 5.44. The summed E-state index contributed by atoms with van der Waals surface area (Å²) in [6.45, 7) is 1.57. The van der Waals surface area contributed by atoms with E-state index in [1.165, 1.54) is 7.11 Å². The van der Waals surface area contributed by atoms with Crippen molar-refractivity contribution in [2.45, 2.75) is 12.8 Å². The third-order valence-corrected chi connectivity index (χ3v) is 4.18. The zero-order chi connectivity index (χ0) is 14.1. The molecule has 106 valence electrons. The fourth-order valence-corrected chi connectivity index (χ4v) is 3.01. The number of hydrogen-bond acceptors (Lipinski definition) is 4. The van der Waals surface area contributed by atoms with Crippen molar-refractivity contribution < 1.29 is 9.53 Å². The van der Waals surface area contributed by atoms with Crippen LogP contribution in [0.5, 0.6) is 0 Å². The Morgan fingerprint density at radius 2 is 2.40 bits per heavy atom. The zero-order valence-electron chi connectivity index (χ0n) is 11.2. The Hall–Kier alpha value is -1.56. The molecule has 1 fully saturated rings. The van der Waals surface area contributed by atoms with Crippen LogP contribution >= 0.6 is 15.9 Å². The average Bonchev–Trinajstić information content (AvgIpc) is 2.89. The maximum Gasteiger partial charge on any atom is 0.310 e. The molecule has 1 atom stereocenters. The average molecular weight is 338 g/mol. The molecule has 20 heavy (non-hydrogen) atoms. The lowest BCUT2D eigenvalue weighted by atomic mass is 9.98. The van der Waals surface area contributed by atoms with Crippen LogP contribution in [-0.2, 0) is 9.53 Å². The number of halogens is 1. The highest BCUT2D eigenvalue weighted by Crippen LogP contribution is 2.25. The summed E-state index contributed by atoms with van der Waals surface area (Å²) < 4.78 is 5.87. The summed E-state index contributed by atoms with van der Waals surface area (Å²) in [4.78, 5) is 21.7. The van der Waals surface area contributed by atoms with Gasteiger partial charge in [0.05, 0.1) is 24.1 Å². The number of carbonyl (C=O) groups excluding carboxylic acids is 1. The van der Waals surface area contributed by atoms with Crippen LogP contribution in [0.25, 0.3) is 11.0 Å². The van der Waals surface area contributed by atoms with Gasteiger partial charge < -0.3 is 14.6 Å². The molecule has 6 heteroatoms. The molecule has 0 saturated carbocycles. The molecule has 0 radical (unpaired) electrons. The molecule has 0 amide bonds. The van der Waals surface area contributed by atoms with E-state index in [0.717, 1.165) is 40.8 Å². The number of aromatic amines is 1. The van der Waals surface area contributed by atoms with Crippen LogP contribution in [0.2, 0.25) is 0 Å². The second-order valence-electron chi connectivity index (χ2n) is 5.03. The highest BCUT2D eigenvalue weighted by Gasteiger charge is 2.27. The summed E-state index contributed by atoms with van der Waals surface area (Å²) >= 11 is 3.45. The van der Waals surface area contributed by atoms with Crippen molar-refractivity contribution in [2.24, 2.45) is 5.92 Å². The van der Waals surface area contributed by atoms with Gasteiger partial charge in [-0.15, -0.1) is 0 Å². The van der Waals surface area contributed by atoms with Crippen molar-refractivity contribution in [3.63, 3.8) is 0 Å². The Balaban J connectivity index is 1.84. The number of piperidine rings is 1. The second-order valence-corrected chi connectivity index (χ2v) is 5.95. The maximum absolute atomic E-state index is 11.7. The van der Waals surface area contributed by atoms with Crippen molar-refractivity contribution in [2.75, 3.05) is 25.1 Å². The molecule has 1 aliphatic rings. The topological polar surface area (TPSA) is 58.2 Å². The van der Waals surface area contributed by atoms with E-state index >= 15 is 0 Å². The minimum absolute atomic E-state index is 0.0614. The van der Waals surface area contributed by atoms with E-state index in [9.17, 15) is 4.79 Å². The van der Waals surface area contributed by atoms with Gasteiger partial charge in [0.1, 0.15) is 0 Å². The lowest BCUT2D eigenvalue weighted by Crippen LogP contribution is -2.39. The van der Waals surface area contributed by atoms with Crippen LogP contribution in [-0.4, -0.2) is 36.1 Å². The molecule has 1 aliphatic heterocycles. The van der Waals surface area contributed by atoms with Crippen molar-refractivity contribution in [1.82, 2.24) is 9.97 Å². The number of esters is 1. The van der Waals surface area contributed by atoms with Gasteiger partial charge in [0.15, 0.2) is 0 Å². The molecule has 1 N–H and O–H groups in total. The van der Waals surface area contributed by atoms with Gasteiger partial charge in [-0.3, -0.25) is 4.79 Å². The highest BCUT2D eigenvalue weighted by molar-refractivity contribution is 9.10. The molecule has 0 aliphatic carbocycles. The lowest BCUT2D eigenvalue weighted by molar-refractivity contribution is -0.145. The number of aromatic nitrogens is 2. The molecule has 2 heterocycles. The SMILES string of the molecule is COC(=O)C1CCCN(c2nc3ccc(Br)cc3[nH]2)C1. The predicted molar refractivity (Wildman–Crippen MR) is 80.7 cm³/mol. The minimum atomic E-state index is -0.131. The van der Waals surface area contributed by atoms with E-state index in [-0.39, 0.29) is 11.9 Å². The van der Waals surface area contributed by atoms with Crippen molar-refractivity contribution in [3.8, 4) is 0 Å². The van der Waals surface area contributed by atoms with Crippen LogP contribution in [0.3, 0.4) is 0 Å². The molecular weight excluding hydrogens is 322 g/mol. The summed E-state index contributed by atoms with van der Waals surface area (Å²) in [5.74, 6) is 0.633. The molecule has 3 rings (SSSR count). The molecule has 1 unspecified atom stereocenters. The number of benzene rings is 1. The van der Waals surface area contributed by atoms with Gasteiger partial charge in [-0.2, -0.15) is 0 Å². The van der Waals surface area contributed by atoms with Crippen molar-refractivity contribution in [1.29, 1.82) is 0 Å². The standard InChI is InChI=1S/C14H16BrN3O2/c1-20-13(19)9-3-2-6-18(8-9)14-16-11-5-4-10(15)7-12(11)17-14/h4-5,7,9H,2-3,6,8H2,1H3,(H,16,17). The molecular formula is C14H16BrN3O2. The monoisotopic (exact) mass is 337 g/mol. The van der Waals surface area contributed by atoms with Gasteiger partial charge in [0, 0.05) is 17.6 Å². The molecule has 2 aromatic rings.